The molecular weight excluding hydrogens is 166 g/mol. The second-order valence-electron chi connectivity index (χ2n) is 4.63. The van der Waals surface area contributed by atoms with Gasteiger partial charge in [0.15, 0.2) is 0 Å². The number of hydrogen-bond donors (Lipinski definition) is 0. The molecule has 0 aromatic carbocycles. The average molecular weight is 185 g/mol. The predicted molar refractivity (Wildman–Crippen MR) is 50.1 cm³/mol. The van der Waals surface area contributed by atoms with Crippen LogP contribution in [-0.2, 0) is 9.59 Å². The molecule has 1 rings (SSSR count). The molecule has 3 nitrogen and oxygen atoms in total. The maximum atomic E-state index is 8.12. The van der Waals surface area contributed by atoms with Gasteiger partial charge in [-0.3, -0.25) is 0 Å². The summed E-state index contributed by atoms with van der Waals surface area (Å²) in [4.78, 5) is 18.8. The second kappa shape index (κ2) is 5.90. The summed E-state index contributed by atoms with van der Waals surface area (Å²) in [6, 6.07) is 0. The first-order chi connectivity index (χ1) is 5.99. The van der Waals surface area contributed by atoms with E-state index in [4.69, 9.17) is 9.59 Å². The molecule has 0 unspecified atom stereocenters. The lowest BCUT2D eigenvalue weighted by Crippen LogP contribution is -2.29. The van der Waals surface area contributed by atoms with Crippen molar-refractivity contribution < 1.29 is 9.59 Å². The molecule has 0 aromatic heterocycles. The van der Waals surface area contributed by atoms with Gasteiger partial charge in [0.1, 0.15) is 0 Å². The molecule has 0 N–H and O–H groups in total. The summed E-state index contributed by atoms with van der Waals surface area (Å²) in [6.45, 7) is 10.9. The van der Waals surface area contributed by atoms with E-state index < -0.39 is 0 Å². The molecule has 0 spiro atoms. The van der Waals surface area contributed by atoms with E-state index in [0.717, 1.165) is 0 Å². The van der Waals surface area contributed by atoms with Crippen LogP contribution in [0.5, 0.6) is 0 Å². The summed E-state index contributed by atoms with van der Waals surface area (Å²) in [7, 11) is 0. The quantitative estimate of drug-likeness (QED) is 0.622. The summed E-state index contributed by atoms with van der Waals surface area (Å²) in [6.07, 6.45) is 3.08. The predicted octanol–water partition coefficient (Wildman–Crippen LogP) is 1.54. The summed E-state index contributed by atoms with van der Waals surface area (Å²) >= 11 is 0. The Morgan fingerprint density at radius 2 is 1.54 bits per heavy atom. The molecule has 1 saturated heterocycles. The number of hydrogen-bond acceptors (Lipinski definition) is 3. The van der Waals surface area contributed by atoms with Crippen LogP contribution in [0.4, 0.5) is 0 Å². The van der Waals surface area contributed by atoms with Crippen molar-refractivity contribution in [3.05, 3.63) is 0 Å². The van der Waals surface area contributed by atoms with E-state index >= 15 is 0 Å². The summed E-state index contributed by atoms with van der Waals surface area (Å²) in [5.41, 5.74) is 0.490. The van der Waals surface area contributed by atoms with Gasteiger partial charge >= 0.3 is 6.15 Å². The first-order valence-electron chi connectivity index (χ1n) is 4.71. The van der Waals surface area contributed by atoms with Gasteiger partial charge in [-0.25, -0.2) is 0 Å². The highest BCUT2D eigenvalue weighted by Crippen LogP contribution is 2.18. The molecular formula is C10H19NO2. The van der Waals surface area contributed by atoms with Crippen molar-refractivity contribution in [3.8, 4) is 0 Å². The van der Waals surface area contributed by atoms with Crippen molar-refractivity contribution in [2.24, 2.45) is 5.41 Å². The third-order valence-corrected chi connectivity index (χ3v) is 1.90. The summed E-state index contributed by atoms with van der Waals surface area (Å²) in [5.74, 6) is 0. The molecule has 76 valence electrons. The van der Waals surface area contributed by atoms with Gasteiger partial charge in [0.25, 0.3) is 0 Å². The smallest absolute Gasteiger partial charge is 0.303 e. The van der Waals surface area contributed by atoms with Crippen molar-refractivity contribution >= 4 is 6.15 Å². The SMILES string of the molecule is CC(C)(C)CN1CCCC1.O=C=O. The topological polar surface area (TPSA) is 37.4 Å². The van der Waals surface area contributed by atoms with Gasteiger partial charge in [-0.1, -0.05) is 20.8 Å². The highest BCUT2D eigenvalue weighted by molar-refractivity contribution is 5.20. The Hall–Kier alpha value is -0.660. The monoisotopic (exact) mass is 185 g/mol. The third kappa shape index (κ3) is 7.69. The molecule has 13 heavy (non-hydrogen) atoms. The Labute approximate surface area is 80.1 Å². The Kier molecular flexibility index (Phi) is 5.60. The molecule has 0 bridgehead atoms. The fraction of sp³-hybridized carbons (Fsp3) is 0.900. The van der Waals surface area contributed by atoms with E-state index in [-0.39, 0.29) is 6.15 Å². The minimum absolute atomic E-state index is 0.250. The molecule has 0 aromatic rings. The van der Waals surface area contributed by atoms with Gasteiger partial charge in [0, 0.05) is 6.54 Å². The van der Waals surface area contributed by atoms with Crippen molar-refractivity contribution in [3.63, 3.8) is 0 Å². The van der Waals surface area contributed by atoms with Gasteiger partial charge < -0.3 is 4.90 Å². The van der Waals surface area contributed by atoms with E-state index in [9.17, 15) is 0 Å². The Bertz CT molecular complexity index is 160. The lowest BCUT2D eigenvalue weighted by molar-refractivity contribution is -0.191. The third-order valence-electron chi connectivity index (χ3n) is 1.90. The summed E-state index contributed by atoms with van der Waals surface area (Å²) in [5, 5.41) is 0. The molecule has 1 aliphatic heterocycles. The van der Waals surface area contributed by atoms with Crippen LogP contribution in [0.1, 0.15) is 33.6 Å². The van der Waals surface area contributed by atoms with E-state index in [1.165, 1.54) is 32.5 Å². The van der Waals surface area contributed by atoms with Crippen LogP contribution in [0.25, 0.3) is 0 Å². The van der Waals surface area contributed by atoms with Crippen LogP contribution < -0.4 is 0 Å². The van der Waals surface area contributed by atoms with Crippen molar-refractivity contribution in [2.75, 3.05) is 19.6 Å². The standard InChI is InChI=1S/C9H19N.CO2/c1-9(2,3)8-10-6-4-5-7-10;2-1-3/h4-8H2,1-3H3;. The van der Waals surface area contributed by atoms with Crippen molar-refractivity contribution in [2.45, 2.75) is 33.6 Å². The minimum atomic E-state index is 0.250. The van der Waals surface area contributed by atoms with Crippen LogP contribution in [0.2, 0.25) is 0 Å². The number of carbonyl (C=O) groups excluding carboxylic acids is 2. The molecule has 1 fully saturated rings. The zero-order valence-corrected chi connectivity index (χ0v) is 8.80. The van der Waals surface area contributed by atoms with Gasteiger partial charge in [-0.15, -0.1) is 0 Å². The van der Waals surface area contributed by atoms with Crippen LogP contribution in [0.3, 0.4) is 0 Å². The fourth-order valence-electron chi connectivity index (χ4n) is 1.61. The van der Waals surface area contributed by atoms with Crippen LogP contribution in [0.15, 0.2) is 0 Å². The van der Waals surface area contributed by atoms with Crippen LogP contribution in [-0.4, -0.2) is 30.7 Å². The number of likely N-dealkylation sites (tertiary alicyclic amines) is 1. The molecule has 3 heteroatoms. The Balaban J connectivity index is 0.000000424. The second-order valence-corrected chi connectivity index (χ2v) is 4.63. The highest BCUT2D eigenvalue weighted by Gasteiger charge is 2.18. The number of nitrogens with zero attached hydrogens (tertiary/aromatic N) is 1. The lowest BCUT2D eigenvalue weighted by atomic mass is 9.96. The van der Waals surface area contributed by atoms with Crippen LogP contribution >= 0.6 is 0 Å². The fourth-order valence-corrected chi connectivity index (χ4v) is 1.61. The van der Waals surface area contributed by atoms with E-state index in [1.807, 2.05) is 0 Å². The first-order valence-corrected chi connectivity index (χ1v) is 4.71. The average Bonchev–Trinajstić information content (AvgIpc) is 2.37. The zero-order valence-electron chi connectivity index (χ0n) is 8.80. The Morgan fingerprint density at radius 3 is 1.85 bits per heavy atom. The molecule has 0 aliphatic carbocycles. The van der Waals surface area contributed by atoms with Gasteiger partial charge in [0.2, 0.25) is 0 Å². The van der Waals surface area contributed by atoms with E-state index in [0.29, 0.717) is 5.41 Å². The molecule has 0 amide bonds. The maximum absolute atomic E-state index is 8.12. The Morgan fingerprint density at radius 1 is 1.15 bits per heavy atom. The molecule has 1 heterocycles. The van der Waals surface area contributed by atoms with Crippen molar-refractivity contribution in [1.82, 2.24) is 4.90 Å². The van der Waals surface area contributed by atoms with Gasteiger partial charge in [-0.2, -0.15) is 9.59 Å². The van der Waals surface area contributed by atoms with Crippen molar-refractivity contribution in [1.29, 1.82) is 0 Å². The summed E-state index contributed by atoms with van der Waals surface area (Å²) < 4.78 is 0. The first kappa shape index (κ1) is 12.3. The molecule has 0 atom stereocenters. The van der Waals surface area contributed by atoms with Gasteiger partial charge in [-0.05, 0) is 31.3 Å². The molecule has 0 saturated carbocycles. The van der Waals surface area contributed by atoms with Crippen LogP contribution in [0, 0.1) is 5.41 Å². The lowest BCUT2D eigenvalue weighted by Gasteiger charge is -2.25. The normalized spacial score (nSPS) is 17.5. The largest absolute Gasteiger partial charge is 0.373 e. The zero-order chi connectivity index (χ0) is 10.3. The van der Waals surface area contributed by atoms with E-state index in [1.54, 1.807) is 0 Å². The number of rotatable bonds is 1. The minimum Gasteiger partial charge on any atom is -0.303 e. The maximum Gasteiger partial charge on any atom is 0.373 e. The molecule has 0 radical (unpaired) electrons. The van der Waals surface area contributed by atoms with Gasteiger partial charge in [0.05, 0.1) is 0 Å². The molecule has 1 aliphatic rings. The highest BCUT2D eigenvalue weighted by atomic mass is 16.2. The van der Waals surface area contributed by atoms with E-state index in [2.05, 4.69) is 25.7 Å².